The van der Waals surface area contributed by atoms with Crippen LogP contribution in [-0.4, -0.2) is 55.9 Å². The molecule has 1 aliphatic heterocycles. The van der Waals surface area contributed by atoms with E-state index in [1.54, 1.807) is 29.1 Å². The van der Waals surface area contributed by atoms with Crippen molar-refractivity contribution in [1.29, 1.82) is 5.26 Å². The van der Waals surface area contributed by atoms with E-state index in [9.17, 15) is 13.7 Å². The molecule has 0 spiro atoms. The molecule has 34 heavy (non-hydrogen) atoms. The molecule has 6 heterocycles. The summed E-state index contributed by atoms with van der Waals surface area (Å²) in [5.41, 5.74) is 3.02. The number of nitrogens with zero attached hydrogens (tertiary/aromatic N) is 6. The van der Waals surface area contributed by atoms with Crippen molar-refractivity contribution in [3.8, 4) is 22.3 Å². The number of rotatable bonds is 6. The minimum absolute atomic E-state index is 0.0419. The minimum Gasteiger partial charge on any atom is -0.346 e. The van der Waals surface area contributed by atoms with Gasteiger partial charge in [-0.25, -0.2) is 13.4 Å². The second-order valence-corrected chi connectivity index (χ2v) is 11.7. The number of aromatic amines is 1. The normalized spacial score (nSPS) is 16.1. The number of sulfonamides is 1. The quantitative estimate of drug-likeness (QED) is 0.389. The van der Waals surface area contributed by atoms with Crippen LogP contribution in [0.5, 0.6) is 0 Å². The van der Waals surface area contributed by atoms with Crippen molar-refractivity contribution in [2.45, 2.75) is 18.9 Å². The van der Waals surface area contributed by atoms with E-state index in [0.29, 0.717) is 0 Å². The third kappa shape index (κ3) is 3.03. The molecule has 5 aromatic heterocycles. The lowest BCUT2D eigenvalue weighted by atomic mass is 9.89. The lowest BCUT2D eigenvalue weighted by Crippen LogP contribution is -2.64. The van der Waals surface area contributed by atoms with Crippen molar-refractivity contribution in [3.05, 3.63) is 54.4 Å². The van der Waals surface area contributed by atoms with Crippen molar-refractivity contribution in [3.63, 3.8) is 0 Å². The van der Waals surface area contributed by atoms with Gasteiger partial charge in [0.2, 0.25) is 10.0 Å². The van der Waals surface area contributed by atoms with Crippen molar-refractivity contribution in [2.24, 2.45) is 0 Å². The van der Waals surface area contributed by atoms with Crippen LogP contribution in [0.25, 0.3) is 38.2 Å². The van der Waals surface area contributed by atoms with E-state index >= 15 is 0 Å². The molecule has 0 atom stereocenters. The van der Waals surface area contributed by atoms with Gasteiger partial charge in [-0.15, -0.1) is 11.3 Å². The number of hydrogen-bond donors (Lipinski definition) is 1. The Morgan fingerprint density at radius 1 is 1.29 bits per heavy atom. The van der Waals surface area contributed by atoms with Crippen molar-refractivity contribution >= 4 is 43.3 Å². The van der Waals surface area contributed by atoms with Gasteiger partial charge in [0.05, 0.1) is 46.2 Å². The van der Waals surface area contributed by atoms with E-state index in [1.165, 1.54) is 4.31 Å². The molecule has 0 unspecified atom stereocenters. The van der Waals surface area contributed by atoms with Gasteiger partial charge in [0.25, 0.3) is 0 Å². The van der Waals surface area contributed by atoms with Gasteiger partial charge in [-0.3, -0.25) is 4.68 Å². The molecule has 0 aliphatic carbocycles. The van der Waals surface area contributed by atoms with Crippen LogP contribution in [0.1, 0.15) is 13.3 Å². The molecule has 1 saturated heterocycles. The minimum atomic E-state index is -3.31. The smallest absolute Gasteiger partial charge is 0.213 e. The first-order valence-electron chi connectivity index (χ1n) is 10.9. The van der Waals surface area contributed by atoms with Crippen molar-refractivity contribution in [2.75, 3.05) is 18.8 Å². The number of fused-ring (bicyclic) bond motifs is 3. The third-order valence-corrected chi connectivity index (χ3v) is 9.20. The standard InChI is InChI=1S/C23H21N7O2S2/c1-2-34(31,32)28-14-23(15-28,6-7-24)29-13-17(12-27-29)30-19(20-4-3-9-33-20)10-16-11-26-22-18(21(16)30)5-8-25-22/h3-5,8-13H,2,6,14-15H2,1H3,(H,25,26). The maximum absolute atomic E-state index is 12.3. The zero-order chi connectivity index (χ0) is 23.5. The Morgan fingerprint density at radius 2 is 2.15 bits per heavy atom. The fraction of sp³-hybridized carbons (Fsp3) is 0.261. The maximum atomic E-state index is 12.3. The third-order valence-electron chi connectivity index (χ3n) is 6.54. The SMILES string of the molecule is CCS(=O)(=O)N1CC(CC#N)(n2cc(-n3c(-c4cccs4)cc4cnc5[nH]ccc5c43)cn2)C1. The Hall–Kier alpha value is -3.46. The summed E-state index contributed by atoms with van der Waals surface area (Å²) < 4.78 is 30.0. The fourth-order valence-corrected chi connectivity index (χ4v) is 6.70. The topological polar surface area (TPSA) is 113 Å². The Kier molecular flexibility index (Phi) is 4.67. The molecule has 9 nitrogen and oxygen atoms in total. The van der Waals surface area contributed by atoms with Crippen molar-refractivity contribution in [1.82, 2.24) is 28.6 Å². The summed E-state index contributed by atoms with van der Waals surface area (Å²) in [7, 11) is -3.31. The summed E-state index contributed by atoms with van der Waals surface area (Å²) in [4.78, 5) is 8.84. The van der Waals surface area contributed by atoms with Crippen LogP contribution >= 0.6 is 11.3 Å². The molecule has 0 radical (unpaired) electrons. The Bertz CT molecular complexity index is 1660. The first-order valence-corrected chi connectivity index (χ1v) is 13.4. The Labute approximate surface area is 199 Å². The summed E-state index contributed by atoms with van der Waals surface area (Å²) >= 11 is 1.66. The van der Waals surface area contributed by atoms with E-state index in [4.69, 9.17) is 0 Å². The van der Waals surface area contributed by atoms with Crippen LogP contribution in [0, 0.1) is 11.3 Å². The highest BCUT2D eigenvalue weighted by Gasteiger charge is 2.49. The molecule has 6 rings (SSSR count). The van der Waals surface area contributed by atoms with Crippen LogP contribution in [0.3, 0.4) is 0 Å². The maximum Gasteiger partial charge on any atom is 0.213 e. The average molecular weight is 492 g/mol. The highest BCUT2D eigenvalue weighted by molar-refractivity contribution is 7.89. The lowest BCUT2D eigenvalue weighted by molar-refractivity contribution is 0.0718. The molecule has 0 bridgehead atoms. The van der Waals surface area contributed by atoms with Gasteiger partial charge in [-0.1, -0.05) is 6.07 Å². The molecule has 1 fully saturated rings. The van der Waals surface area contributed by atoms with Crippen LogP contribution in [-0.2, 0) is 15.6 Å². The van der Waals surface area contributed by atoms with E-state index < -0.39 is 15.6 Å². The molecule has 0 aromatic carbocycles. The molecule has 0 saturated carbocycles. The molecule has 1 N–H and O–H groups in total. The van der Waals surface area contributed by atoms with Gasteiger partial charge in [-0.05, 0) is 30.5 Å². The van der Waals surface area contributed by atoms with Crippen LogP contribution < -0.4 is 0 Å². The van der Waals surface area contributed by atoms with Crippen LogP contribution in [0.4, 0.5) is 0 Å². The van der Waals surface area contributed by atoms with Gasteiger partial charge in [-0.2, -0.15) is 14.7 Å². The number of nitriles is 1. The second-order valence-electron chi connectivity index (χ2n) is 8.52. The van der Waals surface area contributed by atoms with Gasteiger partial charge >= 0.3 is 0 Å². The zero-order valence-electron chi connectivity index (χ0n) is 18.3. The monoisotopic (exact) mass is 491 g/mol. The first kappa shape index (κ1) is 21.1. The number of thiophene rings is 1. The van der Waals surface area contributed by atoms with Crippen molar-refractivity contribution < 1.29 is 8.42 Å². The van der Waals surface area contributed by atoms with Gasteiger partial charge in [0.15, 0.2) is 0 Å². The summed E-state index contributed by atoms with van der Waals surface area (Å²) in [6.07, 6.45) is 7.62. The van der Waals surface area contributed by atoms with E-state index in [1.807, 2.05) is 36.1 Å². The predicted molar refractivity (Wildman–Crippen MR) is 131 cm³/mol. The number of hydrogen-bond acceptors (Lipinski definition) is 6. The molecule has 1 aliphatic rings. The Morgan fingerprint density at radius 3 is 2.88 bits per heavy atom. The van der Waals surface area contributed by atoms with Crippen LogP contribution in [0.2, 0.25) is 0 Å². The molecule has 5 aromatic rings. The number of H-pyrrole nitrogens is 1. The van der Waals surface area contributed by atoms with E-state index in [0.717, 1.165) is 38.2 Å². The fourth-order valence-electron chi connectivity index (χ4n) is 4.73. The summed E-state index contributed by atoms with van der Waals surface area (Å²) in [5.74, 6) is 0.0419. The second kappa shape index (κ2) is 7.53. The average Bonchev–Trinajstić information content (AvgIpc) is 3.58. The number of pyridine rings is 1. The zero-order valence-corrected chi connectivity index (χ0v) is 20.0. The molecular weight excluding hydrogens is 470 g/mol. The van der Waals surface area contributed by atoms with Gasteiger partial charge < -0.3 is 9.55 Å². The van der Waals surface area contributed by atoms with Crippen LogP contribution in [0.15, 0.2) is 54.4 Å². The first-order chi connectivity index (χ1) is 16.5. The van der Waals surface area contributed by atoms with Gasteiger partial charge in [0.1, 0.15) is 11.2 Å². The number of nitrogens with one attached hydrogen (secondary N) is 1. The Balaban J connectivity index is 1.51. The summed E-state index contributed by atoms with van der Waals surface area (Å²) in [5, 5.41) is 18.2. The highest BCUT2D eigenvalue weighted by Crippen LogP contribution is 2.38. The lowest BCUT2D eigenvalue weighted by Gasteiger charge is -2.47. The molecule has 0 amide bonds. The summed E-state index contributed by atoms with van der Waals surface area (Å²) in [6.45, 7) is 2.12. The predicted octanol–water partition coefficient (Wildman–Crippen LogP) is 3.71. The largest absolute Gasteiger partial charge is 0.346 e. The molecular formula is C23H21N7O2S2. The van der Waals surface area contributed by atoms with Gasteiger partial charge in [0, 0.05) is 42.5 Å². The van der Waals surface area contributed by atoms with E-state index in [-0.39, 0.29) is 25.3 Å². The van der Waals surface area contributed by atoms with E-state index in [2.05, 4.69) is 37.8 Å². The molecule has 11 heteroatoms. The summed E-state index contributed by atoms with van der Waals surface area (Å²) in [6, 6.07) is 10.5. The number of aromatic nitrogens is 5. The highest BCUT2D eigenvalue weighted by atomic mass is 32.2. The molecule has 172 valence electrons.